The minimum atomic E-state index is -3.69. The van der Waals surface area contributed by atoms with Crippen LogP contribution >= 0.6 is 0 Å². The molecule has 0 aliphatic heterocycles. The fourth-order valence-electron chi connectivity index (χ4n) is 3.13. The lowest BCUT2D eigenvalue weighted by Gasteiger charge is -2.11. The molecule has 4 rings (SSSR count). The van der Waals surface area contributed by atoms with Gasteiger partial charge in [-0.2, -0.15) is 0 Å². The average Bonchev–Trinajstić information content (AvgIpc) is 3.29. The first kappa shape index (κ1) is 22.5. The molecule has 33 heavy (non-hydrogen) atoms. The van der Waals surface area contributed by atoms with Crippen molar-refractivity contribution in [1.29, 1.82) is 0 Å². The second-order valence-electron chi connectivity index (χ2n) is 7.99. The third kappa shape index (κ3) is 5.20. The molecule has 0 spiro atoms. The number of nitrogens with zero attached hydrogens (tertiary/aromatic N) is 3. The molecule has 8 nitrogen and oxygen atoms in total. The van der Waals surface area contributed by atoms with Crippen LogP contribution in [0.3, 0.4) is 0 Å². The summed E-state index contributed by atoms with van der Waals surface area (Å²) in [6.07, 6.45) is 6.44. The van der Waals surface area contributed by atoms with Crippen LogP contribution in [-0.2, 0) is 16.4 Å². The maximum Gasteiger partial charge on any atom is 0.254 e. The maximum absolute atomic E-state index is 13.0. The van der Waals surface area contributed by atoms with E-state index in [9.17, 15) is 13.2 Å². The molecule has 9 heteroatoms. The Morgan fingerprint density at radius 3 is 2.64 bits per heavy atom. The molecule has 0 atom stereocenters. The molecule has 2 aromatic heterocycles. The topological polar surface area (TPSA) is 103 Å². The summed E-state index contributed by atoms with van der Waals surface area (Å²) >= 11 is 0. The van der Waals surface area contributed by atoms with Crippen LogP contribution in [0.4, 0.5) is 0 Å². The van der Waals surface area contributed by atoms with Crippen molar-refractivity contribution in [3.05, 3.63) is 84.4 Å². The summed E-state index contributed by atoms with van der Waals surface area (Å²) in [4.78, 5) is 21.0. The van der Waals surface area contributed by atoms with Gasteiger partial charge in [-0.25, -0.2) is 18.4 Å². The molecule has 2 aromatic carbocycles. The van der Waals surface area contributed by atoms with E-state index in [1.165, 1.54) is 24.4 Å². The Morgan fingerprint density at radius 1 is 1.09 bits per heavy atom. The molecular formula is C24H24N4O4S. The van der Waals surface area contributed by atoms with Gasteiger partial charge in [0.1, 0.15) is 5.75 Å². The van der Waals surface area contributed by atoms with Crippen LogP contribution in [0.1, 0.15) is 29.8 Å². The predicted octanol–water partition coefficient (Wildman–Crippen LogP) is 3.53. The zero-order valence-corrected chi connectivity index (χ0v) is 19.1. The number of amides is 1. The number of hydrogen-bond donors (Lipinski definition) is 1. The molecule has 0 unspecified atom stereocenters. The second kappa shape index (κ2) is 9.41. The number of sulfone groups is 1. The van der Waals surface area contributed by atoms with E-state index >= 15 is 0 Å². The summed E-state index contributed by atoms with van der Waals surface area (Å²) in [5, 5.41) is 2.81. The Kier molecular flexibility index (Phi) is 6.41. The van der Waals surface area contributed by atoms with E-state index in [1.807, 2.05) is 13.8 Å². The van der Waals surface area contributed by atoms with Gasteiger partial charge in [-0.3, -0.25) is 9.20 Å². The molecule has 0 bridgehead atoms. The van der Waals surface area contributed by atoms with E-state index < -0.39 is 9.84 Å². The van der Waals surface area contributed by atoms with Crippen molar-refractivity contribution >= 4 is 21.5 Å². The number of nitrogens with one attached hydrogen (secondary N) is 1. The molecular weight excluding hydrogens is 440 g/mol. The van der Waals surface area contributed by atoms with Crippen molar-refractivity contribution in [2.75, 3.05) is 6.61 Å². The Balaban J connectivity index is 1.43. The largest absolute Gasteiger partial charge is 0.493 e. The summed E-state index contributed by atoms with van der Waals surface area (Å²) in [5.41, 5.74) is 1.17. The lowest BCUT2D eigenvalue weighted by Crippen LogP contribution is -2.23. The normalized spacial score (nSPS) is 11.6. The second-order valence-corrected chi connectivity index (χ2v) is 9.94. The van der Waals surface area contributed by atoms with Crippen molar-refractivity contribution < 1.29 is 17.9 Å². The van der Waals surface area contributed by atoms with Crippen LogP contribution in [0, 0.1) is 5.92 Å². The summed E-state index contributed by atoms with van der Waals surface area (Å²) < 4.78 is 33.4. The number of imidazole rings is 1. The van der Waals surface area contributed by atoms with Crippen molar-refractivity contribution in [3.63, 3.8) is 0 Å². The highest BCUT2D eigenvalue weighted by atomic mass is 32.2. The van der Waals surface area contributed by atoms with Gasteiger partial charge in [-0.15, -0.1) is 0 Å². The highest BCUT2D eigenvalue weighted by Gasteiger charge is 2.18. The molecule has 2 heterocycles. The van der Waals surface area contributed by atoms with Gasteiger partial charge in [0.2, 0.25) is 15.6 Å². The number of benzene rings is 2. The van der Waals surface area contributed by atoms with E-state index in [0.717, 1.165) is 5.56 Å². The Morgan fingerprint density at radius 2 is 1.88 bits per heavy atom. The Hall–Kier alpha value is -3.72. The molecule has 0 aliphatic rings. The minimum Gasteiger partial charge on any atom is -0.493 e. The standard InChI is InChI=1S/C24H24N4O4S/c1-17(2)16-32-20-4-3-5-22(12-20)33(30,31)21-8-6-18(7-9-21)13-26-23(29)19-14-27-24-25-10-11-28(24)15-19/h3-12,14-15,17H,13,16H2,1-2H3,(H,26,29). The van der Waals surface area contributed by atoms with E-state index in [4.69, 9.17) is 4.74 Å². The number of fused-ring (bicyclic) bond motifs is 1. The van der Waals surface area contributed by atoms with Gasteiger partial charge in [0.15, 0.2) is 0 Å². The first-order valence-electron chi connectivity index (χ1n) is 10.5. The average molecular weight is 465 g/mol. The van der Waals surface area contributed by atoms with E-state index in [0.29, 0.717) is 29.6 Å². The predicted molar refractivity (Wildman–Crippen MR) is 123 cm³/mol. The van der Waals surface area contributed by atoms with Gasteiger partial charge in [-0.1, -0.05) is 32.0 Å². The molecule has 0 saturated carbocycles. The Bertz CT molecular complexity index is 1380. The van der Waals surface area contributed by atoms with Gasteiger partial charge in [0.05, 0.1) is 22.0 Å². The fourth-order valence-corrected chi connectivity index (χ4v) is 4.43. The lowest BCUT2D eigenvalue weighted by atomic mass is 10.2. The quantitative estimate of drug-likeness (QED) is 0.428. The highest BCUT2D eigenvalue weighted by Crippen LogP contribution is 2.25. The highest BCUT2D eigenvalue weighted by molar-refractivity contribution is 7.91. The molecule has 0 saturated heterocycles. The summed E-state index contributed by atoms with van der Waals surface area (Å²) in [6, 6.07) is 13.0. The Labute approximate surface area is 192 Å². The summed E-state index contributed by atoms with van der Waals surface area (Å²) in [6.45, 7) is 4.81. The molecule has 0 aliphatic carbocycles. The zero-order valence-electron chi connectivity index (χ0n) is 18.3. The summed E-state index contributed by atoms with van der Waals surface area (Å²) in [5.74, 6) is 1.09. The van der Waals surface area contributed by atoms with Gasteiger partial charge >= 0.3 is 0 Å². The fraction of sp³-hybridized carbons (Fsp3) is 0.208. The van der Waals surface area contributed by atoms with E-state index in [2.05, 4.69) is 15.3 Å². The molecule has 1 amide bonds. The first-order chi connectivity index (χ1) is 15.8. The van der Waals surface area contributed by atoms with Crippen LogP contribution in [0.15, 0.2) is 83.1 Å². The van der Waals surface area contributed by atoms with E-state index in [1.54, 1.807) is 53.3 Å². The number of rotatable bonds is 8. The van der Waals surface area contributed by atoms with Gasteiger partial charge in [0.25, 0.3) is 5.91 Å². The number of aromatic nitrogens is 3. The molecule has 170 valence electrons. The smallest absolute Gasteiger partial charge is 0.254 e. The third-order valence-electron chi connectivity index (χ3n) is 4.89. The van der Waals surface area contributed by atoms with Crippen molar-refractivity contribution in [2.24, 2.45) is 5.92 Å². The van der Waals surface area contributed by atoms with Crippen molar-refractivity contribution in [3.8, 4) is 5.75 Å². The van der Waals surface area contributed by atoms with Crippen molar-refractivity contribution in [2.45, 2.75) is 30.2 Å². The molecule has 0 radical (unpaired) electrons. The van der Waals surface area contributed by atoms with Crippen LogP contribution in [0.5, 0.6) is 5.75 Å². The van der Waals surface area contributed by atoms with E-state index in [-0.39, 0.29) is 22.2 Å². The first-order valence-corrected chi connectivity index (χ1v) is 11.9. The molecule has 1 N–H and O–H groups in total. The SMILES string of the molecule is CC(C)COc1cccc(S(=O)(=O)c2ccc(CNC(=O)c3cnc4nccn4c3)cc2)c1. The van der Waals surface area contributed by atoms with Gasteiger partial charge < -0.3 is 10.1 Å². The molecule has 4 aromatic rings. The maximum atomic E-state index is 13.0. The zero-order chi connectivity index (χ0) is 23.4. The minimum absolute atomic E-state index is 0.173. The third-order valence-corrected chi connectivity index (χ3v) is 6.66. The monoisotopic (exact) mass is 464 g/mol. The summed E-state index contributed by atoms with van der Waals surface area (Å²) in [7, 11) is -3.69. The number of carbonyl (C=O) groups excluding carboxylic acids is 1. The number of hydrogen-bond acceptors (Lipinski definition) is 6. The lowest BCUT2D eigenvalue weighted by molar-refractivity contribution is 0.0950. The van der Waals surface area contributed by atoms with Crippen LogP contribution < -0.4 is 10.1 Å². The van der Waals surface area contributed by atoms with Crippen LogP contribution in [-0.4, -0.2) is 35.3 Å². The van der Waals surface area contributed by atoms with Crippen LogP contribution in [0.25, 0.3) is 5.78 Å². The molecule has 0 fully saturated rings. The number of ether oxygens (including phenoxy) is 1. The van der Waals surface area contributed by atoms with Gasteiger partial charge in [0, 0.05) is 31.3 Å². The van der Waals surface area contributed by atoms with Gasteiger partial charge in [-0.05, 0) is 41.8 Å². The number of carbonyl (C=O) groups is 1. The van der Waals surface area contributed by atoms with Crippen LogP contribution in [0.2, 0.25) is 0 Å². The van der Waals surface area contributed by atoms with Crippen molar-refractivity contribution in [1.82, 2.24) is 19.7 Å².